The number of hydrogen-bond donors (Lipinski definition) is 0. The first-order chi connectivity index (χ1) is 30.8. The molecule has 0 aliphatic heterocycles. The van der Waals surface area contributed by atoms with Crippen molar-refractivity contribution in [2.75, 3.05) is 4.90 Å². The minimum atomic E-state index is 1.10. The van der Waals surface area contributed by atoms with Gasteiger partial charge in [-0.25, -0.2) is 0 Å². The molecule has 0 atom stereocenters. The van der Waals surface area contributed by atoms with Crippen LogP contribution in [0.4, 0.5) is 17.1 Å². The third kappa shape index (κ3) is 6.07. The number of rotatable bonds is 7. The molecule has 0 amide bonds. The molecule has 1 nitrogen and oxygen atoms in total. The molecule has 290 valence electrons. The van der Waals surface area contributed by atoms with Gasteiger partial charge in [-0.15, -0.1) is 11.3 Å². The molecule has 1 aromatic heterocycles. The summed E-state index contributed by atoms with van der Waals surface area (Å²) in [5, 5.41) is 10.1. The van der Waals surface area contributed by atoms with Crippen molar-refractivity contribution < 1.29 is 0 Å². The first kappa shape index (κ1) is 36.1. The summed E-state index contributed by atoms with van der Waals surface area (Å²) in [6.07, 6.45) is 0. The average molecular weight is 806 g/mol. The van der Waals surface area contributed by atoms with Gasteiger partial charge in [0.25, 0.3) is 0 Å². The van der Waals surface area contributed by atoms with E-state index in [9.17, 15) is 0 Å². The van der Waals surface area contributed by atoms with Crippen molar-refractivity contribution >= 4 is 80.9 Å². The van der Waals surface area contributed by atoms with Crippen LogP contribution in [0.25, 0.3) is 97.0 Å². The molecule has 0 radical (unpaired) electrons. The monoisotopic (exact) mass is 805 g/mol. The lowest BCUT2D eigenvalue weighted by atomic mass is 9.84. The van der Waals surface area contributed by atoms with E-state index >= 15 is 0 Å². The van der Waals surface area contributed by atoms with Crippen LogP contribution < -0.4 is 4.90 Å². The van der Waals surface area contributed by atoms with Gasteiger partial charge in [0.15, 0.2) is 0 Å². The number of hydrogen-bond acceptors (Lipinski definition) is 2. The quantitative estimate of drug-likeness (QED) is 0.145. The Hall–Kier alpha value is -7.78. The van der Waals surface area contributed by atoms with Crippen LogP contribution in [0.15, 0.2) is 237 Å². The van der Waals surface area contributed by atoms with E-state index in [4.69, 9.17) is 0 Å². The largest absolute Gasteiger partial charge is 0.310 e. The smallest absolute Gasteiger partial charge is 0.0540 e. The van der Waals surface area contributed by atoms with Gasteiger partial charge < -0.3 is 4.90 Å². The minimum Gasteiger partial charge on any atom is -0.310 e. The summed E-state index contributed by atoms with van der Waals surface area (Å²) in [5.41, 5.74) is 13.0. The molecule has 0 bridgehead atoms. The van der Waals surface area contributed by atoms with E-state index in [2.05, 4.69) is 241 Å². The highest BCUT2D eigenvalue weighted by Gasteiger charge is 2.22. The summed E-state index contributed by atoms with van der Waals surface area (Å²) in [5.74, 6) is 0. The SMILES string of the molecule is c1ccc(-c2c(-c3ccccc3)c3cc(-c4ccccc4N(c4ccc(-c5cccc6ccccc56)cc4)c4ccc5c(c4)sc4ccccc45)ccc3c3ccccc23)cc1. The van der Waals surface area contributed by atoms with Crippen molar-refractivity contribution in [2.45, 2.75) is 0 Å². The summed E-state index contributed by atoms with van der Waals surface area (Å²) < 4.78 is 2.58. The minimum absolute atomic E-state index is 1.10. The Morgan fingerprint density at radius 2 is 0.806 bits per heavy atom. The molecule has 12 rings (SSSR count). The lowest BCUT2D eigenvalue weighted by molar-refractivity contribution is 1.29. The van der Waals surface area contributed by atoms with Crippen LogP contribution in [0.1, 0.15) is 0 Å². The van der Waals surface area contributed by atoms with Crippen molar-refractivity contribution in [1.82, 2.24) is 0 Å². The summed E-state index contributed by atoms with van der Waals surface area (Å²) in [4.78, 5) is 2.45. The Morgan fingerprint density at radius 3 is 1.60 bits per heavy atom. The van der Waals surface area contributed by atoms with Gasteiger partial charge in [0, 0.05) is 37.1 Å². The molecule has 11 aromatic carbocycles. The van der Waals surface area contributed by atoms with Gasteiger partial charge in [0.1, 0.15) is 0 Å². The zero-order valence-corrected chi connectivity index (χ0v) is 34.7. The van der Waals surface area contributed by atoms with Crippen molar-refractivity contribution in [2.24, 2.45) is 0 Å². The van der Waals surface area contributed by atoms with Crippen LogP contribution in [0.5, 0.6) is 0 Å². The van der Waals surface area contributed by atoms with E-state index in [0.717, 1.165) is 22.6 Å². The molecule has 0 unspecified atom stereocenters. The topological polar surface area (TPSA) is 3.24 Å². The van der Waals surface area contributed by atoms with Crippen LogP contribution in [0.3, 0.4) is 0 Å². The van der Waals surface area contributed by atoms with E-state index < -0.39 is 0 Å². The predicted octanol–water partition coefficient (Wildman–Crippen LogP) is 17.7. The number of fused-ring (bicyclic) bond motifs is 7. The molecule has 0 spiro atoms. The van der Waals surface area contributed by atoms with E-state index in [1.165, 1.54) is 91.4 Å². The fourth-order valence-corrected chi connectivity index (χ4v) is 10.8. The lowest BCUT2D eigenvalue weighted by Crippen LogP contribution is -2.11. The highest BCUT2D eigenvalue weighted by Crippen LogP contribution is 2.48. The fourth-order valence-electron chi connectivity index (χ4n) is 9.63. The second kappa shape index (κ2) is 15.0. The highest BCUT2D eigenvalue weighted by molar-refractivity contribution is 7.25. The Balaban J connectivity index is 1.09. The summed E-state index contributed by atoms with van der Waals surface area (Å²) in [7, 11) is 0. The number of thiophene rings is 1. The lowest BCUT2D eigenvalue weighted by Gasteiger charge is -2.28. The van der Waals surface area contributed by atoms with Crippen molar-refractivity contribution in [3.8, 4) is 44.5 Å². The molecule has 12 aromatic rings. The molecule has 0 N–H and O–H groups in total. The molecule has 0 aliphatic rings. The maximum atomic E-state index is 2.45. The second-order valence-corrected chi connectivity index (χ2v) is 17.1. The molecule has 0 saturated carbocycles. The molecule has 0 fully saturated rings. The number of para-hydroxylation sites is 1. The number of anilines is 3. The van der Waals surface area contributed by atoms with Gasteiger partial charge in [-0.2, -0.15) is 0 Å². The van der Waals surface area contributed by atoms with Gasteiger partial charge in [0.2, 0.25) is 0 Å². The molecule has 2 heteroatoms. The van der Waals surface area contributed by atoms with Crippen molar-refractivity contribution in [1.29, 1.82) is 0 Å². The summed E-state index contributed by atoms with van der Waals surface area (Å²) in [6.45, 7) is 0. The molecule has 62 heavy (non-hydrogen) atoms. The Bertz CT molecular complexity index is 3620. The highest BCUT2D eigenvalue weighted by atomic mass is 32.1. The van der Waals surface area contributed by atoms with Gasteiger partial charge in [0.05, 0.1) is 5.69 Å². The summed E-state index contributed by atoms with van der Waals surface area (Å²) >= 11 is 1.86. The molecular weight excluding hydrogens is 767 g/mol. The molecule has 0 saturated heterocycles. The number of nitrogens with zero attached hydrogens (tertiary/aromatic N) is 1. The van der Waals surface area contributed by atoms with Crippen LogP contribution in [0, 0.1) is 0 Å². The second-order valence-electron chi connectivity index (χ2n) is 16.0. The van der Waals surface area contributed by atoms with Gasteiger partial charge in [-0.05, 0) is 114 Å². The fraction of sp³-hybridized carbons (Fsp3) is 0. The van der Waals surface area contributed by atoms with Crippen LogP contribution >= 0.6 is 11.3 Å². The van der Waals surface area contributed by atoms with Crippen molar-refractivity contribution in [3.63, 3.8) is 0 Å². The van der Waals surface area contributed by atoms with Crippen LogP contribution in [-0.2, 0) is 0 Å². The zero-order valence-electron chi connectivity index (χ0n) is 33.9. The maximum Gasteiger partial charge on any atom is 0.0540 e. The van der Waals surface area contributed by atoms with E-state index in [0.29, 0.717) is 0 Å². The first-order valence-electron chi connectivity index (χ1n) is 21.3. The third-order valence-electron chi connectivity index (χ3n) is 12.5. The standard InChI is InChI=1S/C60H39NS/c1-3-17-42(18-4-1)59-54-26-10-9-24-50(54)51-36-32-44(38-55(51)60(59)43-19-5-2-6-20-43)49-23-11-13-28-56(49)61(46-35-37-53-52-25-12-14-29-57(52)62-58(53)39-46)45-33-30-41(31-34-45)48-27-15-21-40-16-7-8-22-47(40)48/h1-39H. The Kier molecular flexibility index (Phi) is 8.76. The van der Waals surface area contributed by atoms with Crippen LogP contribution in [-0.4, -0.2) is 0 Å². The zero-order chi connectivity index (χ0) is 41.0. The number of benzene rings is 11. The first-order valence-corrected chi connectivity index (χ1v) is 22.1. The van der Waals surface area contributed by atoms with E-state index in [1.807, 2.05) is 11.3 Å². The maximum absolute atomic E-state index is 2.45. The summed E-state index contributed by atoms with van der Waals surface area (Å²) in [6, 6.07) is 86.8. The normalized spacial score (nSPS) is 11.5. The predicted molar refractivity (Wildman–Crippen MR) is 268 cm³/mol. The van der Waals surface area contributed by atoms with Gasteiger partial charge in [-0.1, -0.05) is 194 Å². The van der Waals surface area contributed by atoms with E-state index in [1.54, 1.807) is 0 Å². The van der Waals surface area contributed by atoms with Gasteiger partial charge >= 0.3 is 0 Å². The van der Waals surface area contributed by atoms with Gasteiger partial charge in [-0.3, -0.25) is 0 Å². The van der Waals surface area contributed by atoms with E-state index in [-0.39, 0.29) is 0 Å². The molecule has 0 aliphatic carbocycles. The molecule has 1 heterocycles. The Morgan fingerprint density at radius 1 is 0.274 bits per heavy atom. The van der Waals surface area contributed by atoms with Crippen LogP contribution in [0.2, 0.25) is 0 Å². The third-order valence-corrected chi connectivity index (χ3v) is 13.6. The average Bonchev–Trinajstić information content (AvgIpc) is 3.72. The van der Waals surface area contributed by atoms with Crippen molar-refractivity contribution in [3.05, 3.63) is 237 Å². The Labute approximate surface area is 365 Å². The molecular formula is C60H39NS.